The molecule has 0 spiro atoms. The second-order valence-electron chi connectivity index (χ2n) is 4.27. The van der Waals surface area contributed by atoms with Gasteiger partial charge in [0.1, 0.15) is 5.82 Å². The highest BCUT2D eigenvalue weighted by Gasteiger charge is 2.33. The number of alkyl halides is 3. The zero-order valence-electron chi connectivity index (χ0n) is 11.1. The lowest BCUT2D eigenvalue weighted by Gasteiger charge is -2.09. The van der Waals surface area contributed by atoms with Gasteiger partial charge in [0.2, 0.25) is 5.91 Å². The number of halogens is 4. The fourth-order valence-electron chi connectivity index (χ4n) is 1.64. The first-order chi connectivity index (χ1) is 10.4. The van der Waals surface area contributed by atoms with Gasteiger partial charge in [0, 0.05) is 12.3 Å². The first-order valence-corrected chi connectivity index (χ1v) is 6.51. The molecule has 22 heavy (non-hydrogen) atoms. The highest BCUT2D eigenvalue weighted by molar-refractivity contribution is 6.31. The van der Waals surface area contributed by atoms with E-state index in [1.807, 2.05) is 0 Å². The maximum atomic E-state index is 12.7. The van der Waals surface area contributed by atoms with Gasteiger partial charge >= 0.3 is 6.18 Å². The molecule has 114 valence electrons. The molecule has 1 amide bonds. The minimum atomic E-state index is -4.54. The SMILES string of the molecule is O=C(C=Cc1ccc(Cl)c(C(F)(F)F)c1)Nc1ccccn1. The zero-order valence-corrected chi connectivity index (χ0v) is 11.8. The molecule has 0 saturated carbocycles. The van der Waals surface area contributed by atoms with Gasteiger partial charge in [-0.05, 0) is 35.9 Å². The number of amides is 1. The Kier molecular flexibility index (Phi) is 4.82. The van der Waals surface area contributed by atoms with Gasteiger partial charge in [0.05, 0.1) is 10.6 Å². The van der Waals surface area contributed by atoms with Crippen LogP contribution in [0.2, 0.25) is 5.02 Å². The monoisotopic (exact) mass is 326 g/mol. The lowest BCUT2D eigenvalue weighted by Crippen LogP contribution is -2.09. The number of hydrogen-bond donors (Lipinski definition) is 1. The normalized spacial score (nSPS) is 11.6. The minimum absolute atomic E-state index is 0.216. The van der Waals surface area contributed by atoms with Crippen molar-refractivity contribution in [1.29, 1.82) is 0 Å². The van der Waals surface area contributed by atoms with Gasteiger partial charge in [-0.1, -0.05) is 23.7 Å². The van der Waals surface area contributed by atoms with Crippen molar-refractivity contribution < 1.29 is 18.0 Å². The summed E-state index contributed by atoms with van der Waals surface area (Å²) < 4.78 is 38.2. The summed E-state index contributed by atoms with van der Waals surface area (Å²) >= 11 is 5.52. The van der Waals surface area contributed by atoms with Crippen LogP contribution >= 0.6 is 11.6 Å². The van der Waals surface area contributed by atoms with Crippen molar-refractivity contribution in [2.75, 3.05) is 5.32 Å². The number of pyridine rings is 1. The predicted molar refractivity (Wildman–Crippen MR) is 78.4 cm³/mol. The minimum Gasteiger partial charge on any atom is -0.307 e. The summed E-state index contributed by atoms with van der Waals surface area (Å²) in [6.45, 7) is 0. The molecule has 0 aliphatic rings. The number of rotatable bonds is 3. The average molecular weight is 327 g/mol. The molecule has 1 heterocycles. The second-order valence-corrected chi connectivity index (χ2v) is 4.68. The number of nitrogens with zero attached hydrogens (tertiary/aromatic N) is 1. The molecule has 0 atom stereocenters. The maximum Gasteiger partial charge on any atom is 0.417 e. The van der Waals surface area contributed by atoms with Crippen molar-refractivity contribution in [1.82, 2.24) is 4.98 Å². The maximum absolute atomic E-state index is 12.7. The summed E-state index contributed by atoms with van der Waals surface area (Å²) in [5, 5.41) is 2.10. The van der Waals surface area contributed by atoms with Crippen LogP contribution in [0, 0.1) is 0 Å². The van der Waals surface area contributed by atoms with Crippen LogP contribution in [0.4, 0.5) is 19.0 Å². The van der Waals surface area contributed by atoms with Crippen LogP contribution in [0.3, 0.4) is 0 Å². The molecular formula is C15H10ClF3N2O. The van der Waals surface area contributed by atoms with Crippen molar-refractivity contribution in [3.63, 3.8) is 0 Å². The first kappa shape index (κ1) is 16.0. The molecule has 2 rings (SSSR count). The Morgan fingerprint density at radius 2 is 2.00 bits per heavy atom. The molecular weight excluding hydrogens is 317 g/mol. The van der Waals surface area contributed by atoms with E-state index in [-0.39, 0.29) is 10.6 Å². The van der Waals surface area contributed by atoms with E-state index in [1.54, 1.807) is 18.2 Å². The van der Waals surface area contributed by atoms with Crippen LogP contribution in [-0.2, 0) is 11.0 Å². The predicted octanol–water partition coefficient (Wildman–Crippen LogP) is 4.41. The smallest absolute Gasteiger partial charge is 0.307 e. The Hall–Kier alpha value is -2.34. The van der Waals surface area contributed by atoms with Gasteiger partial charge in [-0.2, -0.15) is 13.2 Å². The highest BCUT2D eigenvalue weighted by atomic mass is 35.5. The van der Waals surface area contributed by atoms with E-state index in [1.165, 1.54) is 18.3 Å². The summed E-state index contributed by atoms with van der Waals surface area (Å²) in [6.07, 6.45) is -0.646. The van der Waals surface area contributed by atoms with Crippen molar-refractivity contribution >= 4 is 29.4 Å². The number of hydrogen-bond acceptors (Lipinski definition) is 2. The van der Waals surface area contributed by atoms with Gasteiger partial charge in [0.15, 0.2) is 0 Å². The van der Waals surface area contributed by atoms with E-state index < -0.39 is 17.6 Å². The topological polar surface area (TPSA) is 42.0 Å². The van der Waals surface area contributed by atoms with Crippen LogP contribution in [0.15, 0.2) is 48.7 Å². The van der Waals surface area contributed by atoms with Gasteiger partial charge in [0.25, 0.3) is 0 Å². The van der Waals surface area contributed by atoms with Gasteiger partial charge in [-0.25, -0.2) is 4.98 Å². The zero-order chi connectivity index (χ0) is 16.2. The lowest BCUT2D eigenvalue weighted by atomic mass is 10.1. The molecule has 2 aromatic rings. The Bertz CT molecular complexity index is 700. The molecule has 0 radical (unpaired) electrons. The molecule has 1 aromatic heterocycles. The van der Waals surface area contributed by atoms with E-state index in [9.17, 15) is 18.0 Å². The van der Waals surface area contributed by atoms with Crippen LogP contribution in [0.1, 0.15) is 11.1 Å². The van der Waals surface area contributed by atoms with Crippen molar-refractivity contribution in [2.24, 2.45) is 0 Å². The summed E-state index contributed by atoms with van der Waals surface area (Å²) in [5.41, 5.74) is -0.727. The molecule has 7 heteroatoms. The number of carbonyl (C=O) groups excluding carboxylic acids is 1. The number of benzene rings is 1. The van der Waals surface area contributed by atoms with E-state index in [2.05, 4.69) is 10.3 Å². The molecule has 0 bridgehead atoms. The van der Waals surface area contributed by atoms with Crippen molar-refractivity contribution in [2.45, 2.75) is 6.18 Å². The Balaban J connectivity index is 2.12. The van der Waals surface area contributed by atoms with E-state index in [4.69, 9.17) is 11.6 Å². The number of carbonyl (C=O) groups is 1. The fraction of sp³-hybridized carbons (Fsp3) is 0.0667. The van der Waals surface area contributed by atoms with Gasteiger partial charge in [-0.3, -0.25) is 4.79 Å². The molecule has 0 saturated heterocycles. The standard InChI is InChI=1S/C15H10ClF3N2O/c16-12-6-4-10(9-11(12)15(17,18)19)5-7-14(22)21-13-3-1-2-8-20-13/h1-9H,(H,20,21,22). The lowest BCUT2D eigenvalue weighted by molar-refractivity contribution is -0.137. The first-order valence-electron chi connectivity index (χ1n) is 6.13. The molecule has 1 aromatic carbocycles. The third-order valence-electron chi connectivity index (χ3n) is 2.64. The third-order valence-corrected chi connectivity index (χ3v) is 2.97. The second kappa shape index (κ2) is 6.62. The van der Waals surface area contributed by atoms with E-state index in [0.29, 0.717) is 5.82 Å². The Labute approximate surface area is 129 Å². The molecule has 0 aliphatic carbocycles. The Morgan fingerprint density at radius 3 is 2.64 bits per heavy atom. The van der Waals surface area contributed by atoms with E-state index in [0.717, 1.165) is 18.2 Å². The van der Waals surface area contributed by atoms with E-state index >= 15 is 0 Å². The number of anilines is 1. The summed E-state index contributed by atoms with van der Waals surface area (Å²) in [7, 11) is 0. The van der Waals surface area contributed by atoms with Crippen molar-refractivity contribution in [3.8, 4) is 0 Å². The largest absolute Gasteiger partial charge is 0.417 e. The van der Waals surface area contributed by atoms with Crippen LogP contribution in [-0.4, -0.2) is 10.9 Å². The molecule has 0 fully saturated rings. The van der Waals surface area contributed by atoms with Crippen LogP contribution in [0.5, 0.6) is 0 Å². The molecule has 1 N–H and O–H groups in total. The van der Waals surface area contributed by atoms with Crippen molar-refractivity contribution in [3.05, 3.63) is 64.8 Å². The summed E-state index contributed by atoms with van der Waals surface area (Å²) in [5.74, 6) is -0.147. The van der Waals surface area contributed by atoms with Crippen LogP contribution in [0.25, 0.3) is 6.08 Å². The number of nitrogens with one attached hydrogen (secondary N) is 1. The number of aromatic nitrogens is 1. The third kappa shape index (κ3) is 4.33. The Morgan fingerprint density at radius 1 is 1.23 bits per heavy atom. The fourth-order valence-corrected chi connectivity index (χ4v) is 1.86. The van der Waals surface area contributed by atoms with Gasteiger partial charge < -0.3 is 5.32 Å². The van der Waals surface area contributed by atoms with Crippen LogP contribution < -0.4 is 5.32 Å². The molecule has 3 nitrogen and oxygen atoms in total. The quantitative estimate of drug-likeness (QED) is 0.849. The average Bonchev–Trinajstić information content (AvgIpc) is 2.46. The molecule has 0 aliphatic heterocycles. The molecule has 0 unspecified atom stereocenters. The van der Waals surface area contributed by atoms with Gasteiger partial charge in [-0.15, -0.1) is 0 Å². The summed E-state index contributed by atoms with van der Waals surface area (Å²) in [4.78, 5) is 15.5. The highest BCUT2D eigenvalue weighted by Crippen LogP contribution is 2.35. The summed E-state index contributed by atoms with van der Waals surface area (Å²) in [6, 6.07) is 8.39.